The van der Waals surface area contributed by atoms with E-state index in [1.165, 1.54) is 24.3 Å². The summed E-state index contributed by atoms with van der Waals surface area (Å²) in [5.74, 6) is -1.93. The Morgan fingerprint density at radius 2 is 1.82 bits per heavy atom. The minimum atomic E-state index is -1.14. The SMILES string of the molecule is C/C(=C\c1ccccc1O)CC[C@H]1OB(O)C[C@H]2C1=C(COc1ccccc1)C[C@H]1C(=O)N(c3cccc([N+](=O)[O-])c3)C(=O)[C@H]12. The molecule has 0 unspecified atom stereocenters. The molecular weight excluding hydrogens is 575 g/mol. The second-order valence-electron chi connectivity index (χ2n) is 11.8. The highest BCUT2D eigenvalue weighted by Crippen LogP contribution is 2.51. The van der Waals surface area contributed by atoms with Crippen LogP contribution in [0.3, 0.4) is 0 Å². The summed E-state index contributed by atoms with van der Waals surface area (Å²) in [6.45, 7) is 2.14. The number of para-hydroxylation sites is 2. The number of amides is 2. The summed E-state index contributed by atoms with van der Waals surface area (Å²) in [4.78, 5) is 39.8. The molecule has 3 aromatic carbocycles. The van der Waals surface area contributed by atoms with Gasteiger partial charge in [0.15, 0.2) is 0 Å². The number of nitrogens with zero attached hydrogens (tertiary/aromatic N) is 2. The van der Waals surface area contributed by atoms with Gasteiger partial charge in [0, 0.05) is 17.7 Å². The number of phenols is 1. The molecule has 2 N–H and O–H groups in total. The van der Waals surface area contributed by atoms with Crippen molar-refractivity contribution in [2.45, 2.75) is 38.6 Å². The molecule has 2 heterocycles. The number of hydrogen-bond donors (Lipinski definition) is 2. The lowest BCUT2D eigenvalue weighted by Gasteiger charge is -2.43. The van der Waals surface area contributed by atoms with Crippen molar-refractivity contribution < 1.29 is 34.0 Å². The fourth-order valence-corrected chi connectivity index (χ4v) is 6.89. The molecule has 3 aliphatic rings. The zero-order valence-corrected chi connectivity index (χ0v) is 24.7. The largest absolute Gasteiger partial charge is 0.507 e. The van der Waals surface area contributed by atoms with Crippen molar-refractivity contribution in [1.82, 2.24) is 0 Å². The average molecular weight is 608 g/mol. The van der Waals surface area contributed by atoms with E-state index in [0.29, 0.717) is 24.2 Å². The number of imide groups is 1. The molecule has 45 heavy (non-hydrogen) atoms. The summed E-state index contributed by atoms with van der Waals surface area (Å²) in [6, 6.07) is 21.9. The third kappa shape index (κ3) is 6.14. The second-order valence-corrected chi connectivity index (χ2v) is 11.8. The summed E-state index contributed by atoms with van der Waals surface area (Å²) in [7, 11) is -1.14. The molecule has 4 atom stereocenters. The van der Waals surface area contributed by atoms with Gasteiger partial charge in [0.1, 0.15) is 18.1 Å². The predicted molar refractivity (Wildman–Crippen MR) is 168 cm³/mol. The number of allylic oxidation sites excluding steroid dienone is 1. The van der Waals surface area contributed by atoms with Crippen LogP contribution in [0.25, 0.3) is 6.08 Å². The minimum absolute atomic E-state index is 0.135. The van der Waals surface area contributed by atoms with Crippen LogP contribution in [-0.2, 0) is 14.2 Å². The summed E-state index contributed by atoms with van der Waals surface area (Å²) in [5, 5.41) is 32.5. The first kappa shape index (κ1) is 30.3. The van der Waals surface area contributed by atoms with Gasteiger partial charge in [0.05, 0.1) is 28.6 Å². The third-order valence-electron chi connectivity index (χ3n) is 8.90. The first-order valence-electron chi connectivity index (χ1n) is 15.0. The molecule has 0 radical (unpaired) electrons. The molecule has 0 aromatic heterocycles. The Morgan fingerprint density at radius 3 is 2.58 bits per heavy atom. The van der Waals surface area contributed by atoms with Gasteiger partial charge in [-0.15, -0.1) is 0 Å². The molecule has 0 spiro atoms. The van der Waals surface area contributed by atoms with Gasteiger partial charge in [0.2, 0.25) is 11.8 Å². The molecule has 3 aromatic rings. The van der Waals surface area contributed by atoms with Crippen molar-refractivity contribution in [2.24, 2.45) is 17.8 Å². The normalized spacial score (nSPS) is 23.2. The molecule has 0 saturated carbocycles. The average Bonchev–Trinajstić information content (AvgIpc) is 3.29. The molecule has 2 saturated heterocycles. The van der Waals surface area contributed by atoms with Crippen LogP contribution in [0.1, 0.15) is 31.7 Å². The number of non-ortho nitro benzene ring substituents is 1. The number of phenolic OH excluding ortho intramolecular Hbond substituents is 1. The van der Waals surface area contributed by atoms with E-state index in [4.69, 9.17) is 9.39 Å². The van der Waals surface area contributed by atoms with Crippen molar-refractivity contribution in [2.75, 3.05) is 11.5 Å². The maximum Gasteiger partial charge on any atom is 0.455 e. The minimum Gasteiger partial charge on any atom is -0.507 e. The standard InChI is InChI=1S/C34H33BN2O8/c1-21(16-22-8-5-6-13-29(22)38)14-15-30-31-23(20-44-26-11-3-2-4-12-26)17-27-32(28(31)19-35(41)45-30)34(40)36(33(27)39)24-9-7-10-25(18-24)37(42)43/h2-13,16,18,27-28,30,32,38,41H,14-15,17,19-20H2,1H3/b21-16+/t27-,28+,30-,32-/m1/s1. The van der Waals surface area contributed by atoms with Gasteiger partial charge >= 0.3 is 7.12 Å². The number of fused-ring (bicyclic) bond motifs is 3. The number of hydrogen-bond acceptors (Lipinski definition) is 8. The number of carbonyl (C=O) groups excluding carboxylic acids is 2. The zero-order valence-electron chi connectivity index (χ0n) is 24.7. The van der Waals surface area contributed by atoms with Crippen molar-refractivity contribution >= 4 is 36.4 Å². The van der Waals surface area contributed by atoms with Crippen molar-refractivity contribution in [1.29, 1.82) is 0 Å². The number of rotatable bonds is 9. The number of benzene rings is 3. The summed E-state index contributed by atoms with van der Waals surface area (Å²) >= 11 is 0. The predicted octanol–water partition coefficient (Wildman–Crippen LogP) is 5.56. The molecule has 230 valence electrons. The van der Waals surface area contributed by atoms with Crippen LogP contribution in [0.5, 0.6) is 11.5 Å². The van der Waals surface area contributed by atoms with E-state index in [1.54, 1.807) is 12.1 Å². The number of nitro groups is 1. The highest BCUT2D eigenvalue weighted by Gasteiger charge is 2.57. The zero-order chi connectivity index (χ0) is 31.7. The maximum absolute atomic E-state index is 14.0. The lowest BCUT2D eigenvalue weighted by molar-refractivity contribution is -0.384. The van der Waals surface area contributed by atoms with E-state index in [0.717, 1.165) is 21.6 Å². The molecule has 2 aliphatic heterocycles. The molecule has 2 fully saturated rings. The maximum atomic E-state index is 14.0. The van der Waals surface area contributed by atoms with Gasteiger partial charge < -0.3 is 19.5 Å². The van der Waals surface area contributed by atoms with E-state index >= 15 is 0 Å². The topological polar surface area (TPSA) is 139 Å². The summed E-state index contributed by atoms with van der Waals surface area (Å²) in [5.41, 5.74) is 3.36. The Hall–Kier alpha value is -4.74. The van der Waals surface area contributed by atoms with Gasteiger partial charge in [-0.05, 0) is 73.8 Å². The van der Waals surface area contributed by atoms with Gasteiger partial charge in [-0.3, -0.25) is 19.7 Å². The third-order valence-corrected chi connectivity index (χ3v) is 8.90. The Labute approximate surface area is 260 Å². The smallest absolute Gasteiger partial charge is 0.455 e. The van der Waals surface area contributed by atoms with E-state index in [9.17, 15) is 29.8 Å². The Balaban J connectivity index is 1.33. The van der Waals surface area contributed by atoms with Gasteiger partial charge in [-0.1, -0.05) is 54.1 Å². The van der Waals surface area contributed by atoms with E-state index in [2.05, 4.69) is 0 Å². The van der Waals surface area contributed by atoms with E-state index in [-0.39, 0.29) is 36.5 Å². The van der Waals surface area contributed by atoms with Crippen LogP contribution in [0.4, 0.5) is 11.4 Å². The molecule has 6 rings (SSSR count). The van der Waals surface area contributed by atoms with E-state index < -0.39 is 47.7 Å². The summed E-state index contributed by atoms with van der Waals surface area (Å²) < 4.78 is 12.3. The second kappa shape index (κ2) is 12.7. The monoisotopic (exact) mass is 608 g/mol. The lowest BCUT2D eigenvalue weighted by Crippen LogP contribution is -2.46. The quantitative estimate of drug-likeness (QED) is 0.106. The highest BCUT2D eigenvalue weighted by molar-refractivity contribution is 6.43. The molecule has 0 bridgehead atoms. The Bertz CT molecular complexity index is 1690. The molecule has 11 heteroatoms. The van der Waals surface area contributed by atoms with Crippen LogP contribution in [0.2, 0.25) is 6.32 Å². The first-order valence-corrected chi connectivity index (χ1v) is 15.0. The Kier molecular flexibility index (Phi) is 8.56. The Morgan fingerprint density at radius 1 is 1.07 bits per heavy atom. The van der Waals surface area contributed by atoms with Crippen LogP contribution in [0.15, 0.2) is 95.6 Å². The van der Waals surface area contributed by atoms with Crippen molar-refractivity contribution in [3.05, 3.63) is 111 Å². The number of ether oxygens (including phenoxy) is 1. The van der Waals surface area contributed by atoms with Gasteiger partial charge in [0.25, 0.3) is 5.69 Å². The fraction of sp³-hybridized carbons (Fsp3) is 0.294. The van der Waals surface area contributed by atoms with Crippen LogP contribution in [-0.4, -0.2) is 46.7 Å². The number of carbonyl (C=O) groups is 2. The molecule has 1 aliphatic carbocycles. The fourth-order valence-electron chi connectivity index (χ4n) is 6.89. The number of anilines is 1. The molecular formula is C34H33BN2O8. The van der Waals surface area contributed by atoms with Gasteiger partial charge in [-0.25, -0.2) is 4.90 Å². The van der Waals surface area contributed by atoms with Crippen LogP contribution < -0.4 is 9.64 Å². The van der Waals surface area contributed by atoms with Crippen molar-refractivity contribution in [3.63, 3.8) is 0 Å². The highest BCUT2D eigenvalue weighted by atomic mass is 16.6. The van der Waals surface area contributed by atoms with Crippen LogP contribution >= 0.6 is 0 Å². The molecule has 10 nitrogen and oxygen atoms in total. The summed E-state index contributed by atoms with van der Waals surface area (Å²) in [6.07, 6.45) is 2.87. The lowest BCUT2D eigenvalue weighted by atomic mass is 9.58. The van der Waals surface area contributed by atoms with E-state index in [1.807, 2.05) is 55.5 Å². The van der Waals surface area contributed by atoms with Crippen LogP contribution in [0, 0.1) is 27.9 Å². The van der Waals surface area contributed by atoms with Crippen molar-refractivity contribution in [3.8, 4) is 11.5 Å². The number of nitro benzene ring substituents is 1. The number of aromatic hydroxyl groups is 1. The first-order chi connectivity index (χ1) is 21.7. The van der Waals surface area contributed by atoms with Gasteiger partial charge in [-0.2, -0.15) is 0 Å². The molecule has 2 amide bonds.